The summed E-state index contributed by atoms with van der Waals surface area (Å²) >= 11 is 3.47. The minimum Gasteiger partial charge on any atom is -0.307 e. The Hall–Kier alpha value is -2.06. The minimum atomic E-state index is 0.925. The van der Waals surface area contributed by atoms with E-state index in [0.29, 0.717) is 0 Å². The number of piperazine rings is 1. The van der Waals surface area contributed by atoms with E-state index in [1.807, 2.05) is 12.1 Å². The van der Waals surface area contributed by atoms with Gasteiger partial charge in [-0.3, -0.25) is 9.80 Å². The summed E-state index contributed by atoms with van der Waals surface area (Å²) in [5.41, 5.74) is 4.61. The van der Waals surface area contributed by atoms with Crippen LogP contribution < -0.4 is 0 Å². The number of rotatable bonds is 5. The molecule has 1 aliphatic heterocycles. The standard InChI is InChI=1S/C20H21N5S2/c1-2-5-25-13-17(21-19(25)3-1)11-23-6-8-24(9-7-23)12-18-15-27-20(22-18)16-4-10-26-14-16/h1-5,10,13-15H,6-9,11-12H2. The number of hydrogen-bond acceptors (Lipinski definition) is 6. The highest BCUT2D eigenvalue weighted by Gasteiger charge is 2.19. The van der Waals surface area contributed by atoms with E-state index >= 15 is 0 Å². The first-order chi connectivity index (χ1) is 13.3. The number of thiophene rings is 1. The van der Waals surface area contributed by atoms with Gasteiger partial charge >= 0.3 is 0 Å². The van der Waals surface area contributed by atoms with Crippen LogP contribution in [0.15, 0.2) is 52.8 Å². The lowest BCUT2D eigenvalue weighted by Gasteiger charge is -2.33. The van der Waals surface area contributed by atoms with Gasteiger partial charge in [-0.25, -0.2) is 9.97 Å². The molecule has 1 fully saturated rings. The lowest BCUT2D eigenvalue weighted by molar-refractivity contribution is 0.120. The van der Waals surface area contributed by atoms with Crippen LogP contribution in [0.3, 0.4) is 0 Å². The number of imidazole rings is 1. The van der Waals surface area contributed by atoms with Gasteiger partial charge in [0.15, 0.2) is 0 Å². The second-order valence-corrected chi connectivity index (χ2v) is 8.54. The molecule has 0 atom stereocenters. The van der Waals surface area contributed by atoms with Crippen LogP contribution in [0.2, 0.25) is 0 Å². The maximum Gasteiger partial charge on any atom is 0.137 e. The van der Waals surface area contributed by atoms with E-state index in [1.165, 1.54) is 11.3 Å². The van der Waals surface area contributed by atoms with E-state index in [0.717, 1.165) is 55.6 Å². The van der Waals surface area contributed by atoms with E-state index < -0.39 is 0 Å². The number of hydrogen-bond donors (Lipinski definition) is 0. The molecule has 1 saturated heterocycles. The molecule has 5 nitrogen and oxygen atoms in total. The monoisotopic (exact) mass is 395 g/mol. The minimum absolute atomic E-state index is 0.925. The van der Waals surface area contributed by atoms with E-state index in [-0.39, 0.29) is 0 Å². The van der Waals surface area contributed by atoms with Crippen molar-refractivity contribution in [2.45, 2.75) is 13.1 Å². The molecule has 27 heavy (non-hydrogen) atoms. The smallest absolute Gasteiger partial charge is 0.137 e. The fraction of sp³-hybridized carbons (Fsp3) is 0.300. The molecular weight excluding hydrogens is 374 g/mol. The van der Waals surface area contributed by atoms with Crippen LogP contribution in [0.25, 0.3) is 16.2 Å². The van der Waals surface area contributed by atoms with Crippen molar-refractivity contribution in [3.05, 3.63) is 64.2 Å². The molecule has 5 heterocycles. The van der Waals surface area contributed by atoms with Crippen LogP contribution in [0, 0.1) is 0 Å². The van der Waals surface area contributed by atoms with Crippen molar-refractivity contribution in [3.63, 3.8) is 0 Å². The third-order valence-corrected chi connectivity index (χ3v) is 6.59. The Morgan fingerprint density at radius 3 is 2.44 bits per heavy atom. The Morgan fingerprint density at radius 1 is 0.889 bits per heavy atom. The first-order valence-electron chi connectivity index (χ1n) is 9.18. The number of aromatic nitrogens is 3. The molecule has 5 rings (SSSR count). The second kappa shape index (κ2) is 7.52. The predicted molar refractivity (Wildman–Crippen MR) is 111 cm³/mol. The van der Waals surface area contributed by atoms with Gasteiger partial charge in [-0.1, -0.05) is 6.07 Å². The van der Waals surface area contributed by atoms with Gasteiger partial charge in [0.2, 0.25) is 0 Å². The highest BCUT2D eigenvalue weighted by atomic mass is 32.1. The van der Waals surface area contributed by atoms with Gasteiger partial charge in [-0.2, -0.15) is 11.3 Å². The number of thiazole rings is 1. The van der Waals surface area contributed by atoms with Crippen molar-refractivity contribution in [3.8, 4) is 10.6 Å². The van der Waals surface area contributed by atoms with Crippen LogP contribution in [0.4, 0.5) is 0 Å². The summed E-state index contributed by atoms with van der Waals surface area (Å²) < 4.78 is 2.10. The molecule has 0 unspecified atom stereocenters. The lowest BCUT2D eigenvalue weighted by atomic mass is 10.3. The topological polar surface area (TPSA) is 36.7 Å². The average Bonchev–Trinajstić information content (AvgIpc) is 3.43. The van der Waals surface area contributed by atoms with E-state index in [1.54, 1.807) is 22.7 Å². The summed E-state index contributed by atoms with van der Waals surface area (Å²) in [5.74, 6) is 0. The largest absolute Gasteiger partial charge is 0.307 e. The Labute approximate surface area is 166 Å². The Bertz CT molecular complexity index is 979. The molecule has 0 N–H and O–H groups in total. The lowest BCUT2D eigenvalue weighted by Crippen LogP contribution is -2.45. The first kappa shape index (κ1) is 17.1. The van der Waals surface area contributed by atoms with Crippen molar-refractivity contribution < 1.29 is 0 Å². The first-order valence-corrected chi connectivity index (χ1v) is 11.0. The molecule has 138 valence electrons. The summed E-state index contributed by atoms with van der Waals surface area (Å²) in [6, 6.07) is 8.28. The average molecular weight is 396 g/mol. The Kier molecular flexibility index (Phi) is 4.75. The number of nitrogens with zero attached hydrogens (tertiary/aromatic N) is 5. The van der Waals surface area contributed by atoms with Crippen LogP contribution in [-0.2, 0) is 13.1 Å². The summed E-state index contributed by atoms with van der Waals surface area (Å²) in [5, 5.41) is 7.62. The van der Waals surface area contributed by atoms with Gasteiger partial charge in [0.1, 0.15) is 10.7 Å². The fourth-order valence-corrected chi connectivity index (χ4v) is 5.05. The molecule has 0 radical (unpaired) electrons. The summed E-state index contributed by atoms with van der Waals surface area (Å²) in [6.07, 6.45) is 4.20. The molecule has 7 heteroatoms. The van der Waals surface area contributed by atoms with Crippen molar-refractivity contribution in [1.29, 1.82) is 0 Å². The van der Waals surface area contributed by atoms with Gasteiger partial charge in [-0.15, -0.1) is 11.3 Å². The van der Waals surface area contributed by atoms with Crippen LogP contribution in [0.1, 0.15) is 11.4 Å². The van der Waals surface area contributed by atoms with E-state index in [2.05, 4.69) is 54.9 Å². The molecule has 0 bridgehead atoms. The van der Waals surface area contributed by atoms with Gasteiger partial charge < -0.3 is 4.40 Å². The third-order valence-electron chi connectivity index (χ3n) is 4.97. The van der Waals surface area contributed by atoms with Gasteiger partial charge in [0.05, 0.1) is 11.4 Å². The van der Waals surface area contributed by atoms with Crippen LogP contribution >= 0.6 is 22.7 Å². The van der Waals surface area contributed by atoms with Crippen molar-refractivity contribution in [2.75, 3.05) is 26.2 Å². The SMILES string of the molecule is c1ccn2cc(CN3CCN(Cc4csc(-c5ccsc5)n4)CC3)nc2c1. The summed E-state index contributed by atoms with van der Waals surface area (Å²) in [4.78, 5) is 14.5. The summed E-state index contributed by atoms with van der Waals surface area (Å²) in [6.45, 7) is 6.19. The van der Waals surface area contributed by atoms with Crippen molar-refractivity contribution >= 4 is 28.3 Å². The maximum absolute atomic E-state index is 4.82. The molecule has 0 saturated carbocycles. The quantitative estimate of drug-likeness (QED) is 0.515. The van der Waals surface area contributed by atoms with Crippen molar-refractivity contribution in [1.82, 2.24) is 24.2 Å². The molecule has 0 aliphatic carbocycles. The zero-order chi connectivity index (χ0) is 18.1. The van der Waals surface area contributed by atoms with E-state index in [9.17, 15) is 0 Å². The van der Waals surface area contributed by atoms with Crippen LogP contribution in [-0.4, -0.2) is 50.3 Å². The Morgan fingerprint density at radius 2 is 1.70 bits per heavy atom. The third kappa shape index (κ3) is 3.82. The predicted octanol–water partition coefficient (Wildman–Crippen LogP) is 3.84. The maximum atomic E-state index is 4.82. The number of fused-ring (bicyclic) bond motifs is 1. The zero-order valence-corrected chi connectivity index (χ0v) is 16.6. The normalized spacial score (nSPS) is 16.3. The number of pyridine rings is 1. The van der Waals surface area contributed by atoms with Gasteiger partial charge in [0.25, 0.3) is 0 Å². The van der Waals surface area contributed by atoms with Crippen molar-refractivity contribution in [2.24, 2.45) is 0 Å². The molecule has 0 amide bonds. The van der Waals surface area contributed by atoms with Gasteiger partial charge in [-0.05, 0) is 23.6 Å². The molecular formula is C20H21N5S2. The Balaban J connectivity index is 1.16. The fourth-order valence-electron chi connectivity index (χ4n) is 3.53. The summed E-state index contributed by atoms with van der Waals surface area (Å²) in [7, 11) is 0. The molecule has 4 aromatic heterocycles. The molecule has 0 aromatic carbocycles. The molecule has 4 aromatic rings. The van der Waals surface area contributed by atoms with E-state index in [4.69, 9.17) is 9.97 Å². The van der Waals surface area contributed by atoms with Gasteiger partial charge in [0, 0.05) is 68.0 Å². The highest BCUT2D eigenvalue weighted by molar-refractivity contribution is 7.14. The highest BCUT2D eigenvalue weighted by Crippen LogP contribution is 2.26. The molecule has 0 spiro atoms. The molecule has 1 aliphatic rings. The van der Waals surface area contributed by atoms with Crippen LogP contribution in [0.5, 0.6) is 0 Å². The zero-order valence-electron chi connectivity index (χ0n) is 15.0. The second-order valence-electron chi connectivity index (χ2n) is 6.91.